The molecule has 1 aliphatic heterocycles. The summed E-state index contributed by atoms with van der Waals surface area (Å²) in [5, 5.41) is 2.82. The summed E-state index contributed by atoms with van der Waals surface area (Å²) in [6.45, 7) is 2.54. The van der Waals surface area contributed by atoms with Crippen LogP contribution in [0.1, 0.15) is 15.3 Å². The Morgan fingerprint density at radius 1 is 1.30 bits per heavy atom. The van der Waals surface area contributed by atoms with Crippen molar-refractivity contribution in [2.45, 2.75) is 30.7 Å². The molecule has 2 aromatic rings. The molecule has 0 radical (unpaired) electrons. The normalized spacial score (nSPS) is 19.1. The van der Waals surface area contributed by atoms with Crippen molar-refractivity contribution in [3.8, 4) is 0 Å². The zero-order chi connectivity index (χ0) is 16.4. The number of carbonyl (C=O) groups is 1. The number of sulfonamides is 1. The number of carbonyl (C=O) groups excluding carboxylic acids is 1. The zero-order valence-corrected chi connectivity index (χ0v) is 14.3. The fraction of sp³-hybridized carbons (Fsp3) is 0.312. The number of hydrogen-bond donors (Lipinski definition) is 2. The summed E-state index contributed by atoms with van der Waals surface area (Å²) < 4.78 is 26.9. The Balaban J connectivity index is 1.63. The van der Waals surface area contributed by atoms with E-state index in [9.17, 15) is 13.2 Å². The summed E-state index contributed by atoms with van der Waals surface area (Å²) in [6, 6.07) is 10.1. The van der Waals surface area contributed by atoms with E-state index >= 15 is 0 Å². The van der Waals surface area contributed by atoms with Crippen LogP contribution in [-0.2, 0) is 27.7 Å². The van der Waals surface area contributed by atoms with Gasteiger partial charge in [0.05, 0.1) is 4.90 Å². The highest BCUT2D eigenvalue weighted by Gasteiger charge is 2.32. The molecule has 1 aromatic carbocycles. The van der Waals surface area contributed by atoms with Crippen molar-refractivity contribution >= 4 is 27.3 Å². The van der Waals surface area contributed by atoms with Crippen LogP contribution in [0.15, 0.2) is 41.3 Å². The third kappa shape index (κ3) is 3.63. The summed E-state index contributed by atoms with van der Waals surface area (Å²) in [6.07, 6.45) is 1.12. The Kier molecular flexibility index (Phi) is 4.52. The minimum Gasteiger partial charge on any atom is -0.354 e. The van der Waals surface area contributed by atoms with Gasteiger partial charge in [-0.15, -0.1) is 11.3 Å². The fourth-order valence-electron chi connectivity index (χ4n) is 2.64. The van der Waals surface area contributed by atoms with Gasteiger partial charge in [0.15, 0.2) is 0 Å². The van der Waals surface area contributed by atoms with E-state index in [-0.39, 0.29) is 10.8 Å². The van der Waals surface area contributed by atoms with Crippen molar-refractivity contribution in [3.63, 3.8) is 0 Å². The number of benzene rings is 1. The first-order chi connectivity index (χ1) is 11.0. The molecule has 7 heteroatoms. The minimum absolute atomic E-state index is 0.262. The summed E-state index contributed by atoms with van der Waals surface area (Å²) in [7, 11) is -3.62. The molecule has 5 nitrogen and oxygen atoms in total. The summed E-state index contributed by atoms with van der Waals surface area (Å²) in [5.41, 5.74) is 0.681. The van der Waals surface area contributed by atoms with E-state index in [4.69, 9.17) is 0 Å². The minimum atomic E-state index is -3.62. The van der Waals surface area contributed by atoms with E-state index in [1.807, 2.05) is 19.1 Å². The van der Waals surface area contributed by atoms with Crippen LogP contribution in [0.4, 0.5) is 0 Å². The first-order valence-electron chi connectivity index (χ1n) is 7.39. The Morgan fingerprint density at radius 2 is 2.09 bits per heavy atom. The van der Waals surface area contributed by atoms with Crippen LogP contribution in [0.3, 0.4) is 0 Å². The van der Waals surface area contributed by atoms with Gasteiger partial charge in [0.1, 0.15) is 6.04 Å². The Bertz CT molecular complexity index is 827. The lowest BCUT2D eigenvalue weighted by Crippen LogP contribution is -2.50. The van der Waals surface area contributed by atoms with Gasteiger partial charge in [0, 0.05) is 16.3 Å². The quantitative estimate of drug-likeness (QED) is 0.880. The number of aryl methyl sites for hydroxylation is 1. The SMILES string of the molecule is Cc1ccc(CCNC(=O)[C@H]2Cc3ccccc3S(=O)(=O)N2)s1. The lowest BCUT2D eigenvalue weighted by atomic mass is 10.1. The van der Waals surface area contributed by atoms with Crippen LogP contribution in [0.2, 0.25) is 0 Å². The lowest BCUT2D eigenvalue weighted by Gasteiger charge is -2.25. The summed E-state index contributed by atoms with van der Waals surface area (Å²) >= 11 is 1.70. The zero-order valence-electron chi connectivity index (χ0n) is 12.7. The molecule has 122 valence electrons. The average molecular weight is 350 g/mol. The highest BCUT2D eigenvalue weighted by molar-refractivity contribution is 7.89. The maximum absolute atomic E-state index is 12.3. The molecule has 1 aliphatic rings. The second-order valence-corrected chi connectivity index (χ2v) is 8.59. The maximum Gasteiger partial charge on any atom is 0.241 e. The molecule has 1 aromatic heterocycles. The van der Waals surface area contributed by atoms with E-state index < -0.39 is 16.1 Å². The third-order valence-corrected chi connectivity index (χ3v) is 6.40. The monoisotopic (exact) mass is 350 g/mol. The first kappa shape index (κ1) is 16.2. The standard InChI is InChI=1S/C16H18N2O3S2/c1-11-6-7-13(22-11)8-9-17-16(19)14-10-12-4-2-3-5-15(12)23(20,21)18-14/h2-7,14,18H,8-10H2,1H3,(H,17,19)/t14-/m1/s1. The van der Waals surface area contributed by atoms with Crippen molar-refractivity contribution < 1.29 is 13.2 Å². The maximum atomic E-state index is 12.3. The Labute approximate surface area is 139 Å². The number of rotatable bonds is 4. The molecule has 3 rings (SSSR count). The third-order valence-electron chi connectivity index (χ3n) is 3.77. The van der Waals surface area contributed by atoms with E-state index in [1.54, 1.807) is 35.6 Å². The molecule has 0 fully saturated rings. The van der Waals surface area contributed by atoms with E-state index in [0.717, 1.165) is 6.42 Å². The van der Waals surface area contributed by atoms with Crippen molar-refractivity contribution in [3.05, 3.63) is 51.7 Å². The topological polar surface area (TPSA) is 75.3 Å². The molecule has 0 unspecified atom stereocenters. The molecular weight excluding hydrogens is 332 g/mol. The van der Waals surface area contributed by atoms with Crippen LogP contribution in [0.5, 0.6) is 0 Å². The van der Waals surface area contributed by atoms with Gasteiger partial charge in [-0.1, -0.05) is 18.2 Å². The molecule has 1 atom stereocenters. The van der Waals surface area contributed by atoms with Crippen LogP contribution in [0, 0.1) is 6.92 Å². The van der Waals surface area contributed by atoms with Gasteiger partial charge in [0.2, 0.25) is 15.9 Å². The Hall–Kier alpha value is -1.70. The average Bonchev–Trinajstić information content (AvgIpc) is 2.92. The molecule has 0 saturated carbocycles. The van der Waals surface area contributed by atoms with Crippen molar-refractivity contribution in [2.24, 2.45) is 0 Å². The first-order valence-corrected chi connectivity index (χ1v) is 9.69. The molecule has 2 heterocycles. The van der Waals surface area contributed by atoms with Crippen molar-refractivity contribution in [1.29, 1.82) is 0 Å². The van der Waals surface area contributed by atoms with Gasteiger partial charge in [-0.2, -0.15) is 4.72 Å². The molecule has 0 bridgehead atoms. The predicted molar refractivity (Wildman–Crippen MR) is 90.0 cm³/mol. The predicted octanol–water partition coefficient (Wildman–Crippen LogP) is 1.62. The van der Waals surface area contributed by atoms with Gasteiger partial charge in [0.25, 0.3) is 0 Å². The molecule has 0 aliphatic carbocycles. The molecule has 2 N–H and O–H groups in total. The second-order valence-electron chi connectivity index (χ2n) is 5.54. The number of hydrogen-bond acceptors (Lipinski definition) is 4. The van der Waals surface area contributed by atoms with Crippen LogP contribution in [0.25, 0.3) is 0 Å². The van der Waals surface area contributed by atoms with Gasteiger partial charge in [-0.05, 0) is 43.5 Å². The second kappa shape index (κ2) is 6.43. The van der Waals surface area contributed by atoms with Gasteiger partial charge in [-0.3, -0.25) is 4.79 Å². The highest BCUT2D eigenvalue weighted by atomic mass is 32.2. The molecule has 0 spiro atoms. The van der Waals surface area contributed by atoms with Crippen molar-refractivity contribution in [2.75, 3.05) is 6.54 Å². The van der Waals surface area contributed by atoms with Crippen LogP contribution in [-0.4, -0.2) is 26.9 Å². The molecule has 1 amide bonds. The fourth-order valence-corrected chi connectivity index (χ4v) is 4.98. The van der Waals surface area contributed by atoms with Gasteiger partial charge >= 0.3 is 0 Å². The highest BCUT2D eigenvalue weighted by Crippen LogP contribution is 2.22. The largest absolute Gasteiger partial charge is 0.354 e. The van der Waals surface area contributed by atoms with E-state index in [2.05, 4.69) is 10.0 Å². The number of amides is 1. The number of fused-ring (bicyclic) bond motifs is 1. The lowest BCUT2D eigenvalue weighted by molar-refractivity contribution is -0.122. The van der Waals surface area contributed by atoms with Crippen LogP contribution < -0.4 is 10.0 Å². The summed E-state index contributed by atoms with van der Waals surface area (Å²) in [4.78, 5) is 15.0. The van der Waals surface area contributed by atoms with Gasteiger partial charge < -0.3 is 5.32 Å². The van der Waals surface area contributed by atoms with Crippen molar-refractivity contribution in [1.82, 2.24) is 10.0 Å². The summed E-state index contributed by atoms with van der Waals surface area (Å²) in [5.74, 6) is -0.281. The van der Waals surface area contributed by atoms with E-state index in [0.29, 0.717) is 18.5 Å². The number of thiophene rings is 1. The smallest absolute Gasteiger partial charge is 0.241 e. The molecule has 23 heavy (non-hydrogen) atoms. The van der Waals surface area contributed by atoms with Gasteiger partial charge in [-0.25, -0.2) is 8.42 Å². The molecule has 0 saturated heterocycles. The van der Waals surface area contributed by atoms with Crippen LogP contribution >= 0.6 is 11.3 Å². The Morgan fingerprint density at radius 3 is 2.83 bits per heavy atom. The van der Waals surface area contributed by atoms with E-state index in [1.165, 1.54) is 9.75 Å². The number of nitrogens with one attached hydrogen (secondary N) is 2. The molecular formula is C16H18N2O3S2.